The maximum atomic E-state index is 13.8. The Bertz CT molecular complexity index is 1590. The molecule has 0 radical (unpaired) electrons. The highest BCUT2D eigenvalue weighted by molar-refractivity contribution is 7.89. The zero-order valence-corrected chi connectivity index (χ0v) is 21.5. The number of ether oxygens (including phenoxy) is 1. The average Bonchev–Trinajstić information content (AvgIpc) is 2.98. The molecule has 5 aromatic carbocycles. The van der Waals surface area contributed by atoms with E-state index in [-0.39, 0.29) is 16.7 Å². The Hall–Kier alpha value is -4.19. The Kier molecular flexibility index (Phi) is 6.54. The molecule has 5 heteroatoms. The molecule has 2 atom stereocenters. The minimum Gasteiger partial charge on any atom is -0.457 e. The molecule has 0 unspecified atom stereocenters. The second-order valence-electron chi connectivity index (χ2n) is 9.41. The first-order chi connectivity index (χ1) is 18.6. The lowest BCUT2D eigenvalue weighted by Crippen LogP contribution is -2.36. The summed E-state index contributed by atoms with van der Waals surface area (Å²) in [4.78, 5) is 0.237. The first-order valence-electron chi connectivity index (χ1n) is 12.6. The van der Waals surface area contributed by atoms with Crippen molar-refractivity contribution in [1.29, 1.82) is 0 Å². The van der Waals surface area contributed by atoms with E-state index in [2.05, 4.69) is 29.0 Å². The van der Waals surface area contributed by atoms with Gasteiger partial charge in [-0.05, 0) is 35.4 Å². The average molecular weight is 518 g/mol. The van der Waals surface area contributed by atoms with E-state index >= 15 is 0 Å². The number of nitrogens with one attached hydrogen (secondary N) is 1. The molecule has 188 valence electrons. The van der Waals surface area contributed by atoms with Crippen LogP contribution in [0.2, 0.25) is 0 Å². The van der Waals surface area contributed by atoms with Crippen LogP contribution in [0.1, 0.15) is 40.1 Å². The number of para-hydroxylation sites is 2. The van der Waals surface area contributed by atoms with Crippen LogP contribution < -0.4 is 9.46 Å². The Morgan fingerprint density at radius 2 is 1.00 bits per heavy atom. The predicted octanol–water partition coefficient (Wildman–Crippen LogP) is 7.43. The van der Waals surface area contributed by atoms with Gasteiger partial charge in [-0.25, -0.2) is 13.1 Å². The standard InChI is InChI=1S/C33H27NO3S/c35-38(36,26-18-8-3-9-19-26)34-33(25-16-6-2-7-17-25)31(24-14-4-1-5-15-24)32-27-20-10-12-22-29(27)37-30-23-13-11-21-28(30)32/h1-23,31-34H/t31-,33-/m0/s1. The van der Waals surface area contributed by atoms with E-state index in [1.54, 1.807) is 24.3 Å². The number of sulfonamides is 1. The molecule has 1 aliphatic rings. The van der Waals surface area contributed by atoms with Crippen molar-refractivity contribution in [2.24, 2.45) is 0 Å². The molecule has 4 nitrogen and oxygen atoms in total. The zero-order valence-electron chi connectivity index (χ0n) is 20.6. The lowest BCUT2D eigenvalue weighted by molar-refractivity contribution is 0.401. The van der Waals surface area contributed by atoms with E-state index in [1.165, 1.54) is 0 Å². The molecule has 0 fully saturated rings. The normalized spacial score (nSPS) is 14.5. The van der Waals surface area contributed by atoms with Gasteiger partial charge in [-0.3, -0.25) is 0 Å². The smallest absolute Gasteiger partial charge is 0.241 e. The lowest BCUT2D eigenvalue weighted by Gasteiger charge is -2.38. The van der Waals surface area contributed by atoms with E-state index < -0.39 is 16.1 Å². The van der Waals surface area contributed by atoms with Crippen LogP contribution in [0.4, 0.5) is 0 Å². The van der Waals surface area contributed by atoms with Gasteiger partial charge in [0.25, 0.3) is 0 Å². The molecule has 1 N–H and O–H groups in total. The molecule has 0 spiro atoms. The lowest BCUT2D eigenvalue weighted by atomic mass is 9.71. The molecule has 1 aliphatic heterocycles. The Morgan fingerprint density at radius 3 is 1.55 bits per heavy atom. The van der Waals surface area contributed by atoms with Crippen LogP contribution in [0.5, 0.6) is 11.5 Å². The van der Waals surface area contributed by atoms with Crippen LogP contribution in [-0.2, 0) is 10.0 Å². The second-order valence-corrected chi connectivity index (χ2v) is 11.1. The first kappa shape index (κ1) is 24.2. The third-order valence-electron chi connectivity index (χ3n) is 7.13. The number of hydrogen-bond donors (Lipinski definition) is 1. The van der Waals surface area contributed by atoms with Crippen molar-refractivity contribution in [3.05, 3.63) is 162 Å². The second kappa shape index (κ2) is 10.3. The van der Waals surface area contributed by atoms with Crippen LogP contribution in [0.3, 0.4) is 0 Å². The van der Waals surface area contributed by atoms with Crippen LogP contribution in [0.15, 0.2) is 144 Å². The van der Waals surface area contributed by atoms with Gasteiger partial charge in [0.1, 0.15) is 11.5 Å². The molecule has 0 amide bonds. The van der Waals surface area contributed by atoms with Crippen LogP contribution in [0.25, 0.3) is 0 Å². The van der Waals surface area contributed by atoms with Gasteiger partial charge in [0.2, 0.25) is 10.0 Å². The molecule has 1 heterocycles. The predicted molar refractivity (Wildman–Crippen MR) is 150 cm³/mol. The van der Waals surface area contributed by atoms with Gasteiger partial charge in [0.05, 0.1) is 10.9 Å². The summed E-state index contributed by atoms with van der Waals surface area (Å²) in [5, 5.41) is 0. The van der Waals surface area contributed by atoms with E-state index in [4.69, 9.17) is 4.74 Å². The van der Waals surface area contributed by atoms with Crippen molar-refractivity contribution in [2.45, 2.75) is 22.8 Å². The first-order valence-corrected chi connectivity index (χ1v) is 14.1. The maximum Gasteiger partial charge on any atom is 0.241 e. The summed E-state index contributed by atoms with van der Waals surface area (Å²) in [7, 11) is -3.84. The molecule has 6 rings (SSSR count). The zero-order chi connectivity index (χ0) is 26.0. The Labute approximate surface area is 223 Å². The van der Waals surface area contributed by atoms with Crippen LogP contribution in [-0.4, -0.2) is 8.42 Å². The largest absolute Gasteiger partial charge is 0.457 e. The van der Waals surface area contributed by atoms with Gasteiger partial charge >= 0.3 is 0 Å². The summed E-state index contributed by atoms with van der Waals surface area (Å²) in [6.07, 6.45) is 0. The van der Waals surface area contributed by atoms with Crippen molar-refractivity contribution >= 4 is 10.0 Å². The summed E-state index contributed by atoms with van der Waals surface area (Å²) < 4.78 is 37.0. The fourth-order valence-corrected chi connectivity index (χ4v) is 6.70. The molecule has 38 heavy (non-hydrogen) atoms. The molecule has 0 aromatic heterocycles. The molecule has 0 saturated carbocycles. The fourth-order valence-electron chi connectivity index (χ4n) is 5.43. The summed E-state index contributed by atoms with van der Waals surface area (Å²) in [5.74, 6) is 1.13. The summed E-state index contributed by atoms with van der Waals surface area (Å²) in [6.45, 7) is 0. The number of rotatable bonds is 7. The Morgan fingerprint density at radius 1 is 0.553 bits per heavy atom. The van der Waals surface area contributed by atoms with Gasteiger partial charge in [-0.1, -0.05) is 115 Å². The van der Waals surface area contributed by atoms with Crippen molar-refractivity contribution in [1.82, 2.24) is 4.72 Å². The molecule has 0 bridgehead atoms. The third kappa shape index (κ3) is 4.62. The van der Waals surface area contributed by atoms with Gasteiger partial charge < -0.3 is 4.74 Å². The Balaban J connectivity index is 1.59. The third-order valence-corrected chi connectivity index (χ3v) is 8.58. The van der Waals surface area contributed by atoms with Gasteiger partial charge in [-0.2, -0.15) is 0 Å². The highest BCUT2D eigenvalue weighted by Gasteiger charge is 2.40. The van der Waals surface area contributed by atoms with Gasteiger partial charge in [-0.15, -0.1) is 0 Å². The molecular formula is C33H27NO3S. The minimum absolute atomic E-state index is 0.165. The summed E-state index contributed by atoms with van der Waals surface area (Å²) >= 11 is 0. The SMILES string of the molecule is O=S(=O)(N[C@@H](c1ccccc1)[C@@H](c1ccccc1)C1c2ccccc2Oc2ccccc21)c1ccccc1. The molecule has 5 aromatic rings. The van der Waals surface area contributed by atoms with Crippen molar-refractivity contribution < 1.29 is 13.2 Å². The van der Waals surface area contributed by atoms with Gasteiger partial charge in [0.15, 0.2) is 0 Å². The van der Waals surface area contributed by atoms with Crippen molar-refractivity contribution in [3.63, 3.8) is 0 Å². The number of hydrogen-bond acceptors (Lipinski definition) is 3. The maximum absolute atomic E-state index is 13.8. The van der Waals surface area contributed by atoms with Crippen molar-refractivity contribution in [2.75, 3.05) is 0 Å². The van der Waals surface area contributed by atoms with E-state index in [9.17, 15) is 8.42 Å². The van der Waals surface area contributed by atoms with Crippen LogP contribution >= 0.6 is 0 Å². The minimum atomic E-state index is -3.84. The van der Waals surface area contributed by atoms with Crippen LogP contribution in [0, 0.1) is 0 Å². The van der Waals surface area contributed by atoms with Crippen molar-refractivity contribution in [3.8, 4) is 11.5 Å². The summed E-state index contributed by atoms with van der Waals surface area (Å²) in [6, 6.07) is 44.1. The molecule has 0 saturated heterocycles. The van der Waals surface area contributed by atoms with E-state index in [0.29, 0.717) is 0 Å². The molecular weight excluding hydrogens is 490 g/mol. The van der Waals surface area contributed by atoms with Gasteiger partial charge in [0, 0.05) is 23.0 Å². The summed E-state index contributed by atoms with van der Waals surface area (Å²) in [5.41, 5.74) is 3.98. The monoisotopic (exact) mass is 517 g/mol. The fraction of sp³-hybridized carbons (Fsp3) is 0.0909. The number of benzene rings is 5. The van der Waals surface area contributed by atoms with E-state index in [0.717, 1.165) is 33.8 Å². The number of fused-ring (bicyclic) bond motifs is 2. The topological polar surface area (TPSA) is 55.4 Å². The highest BCUT2D eigenvalue weighted by Crippen LogP contribution is 2.53. The highest BCUT2D eigenvalue weighted by atomic mass is 32.2. The molecule has 0 aliphatic carbocycles. The quantitative estimate of drug-likeness (QED) is 0.244. The van der Waals surface area contributed by atoms with E-state index in [1.807, 2.05) is 91.0 Å².